The largest absolute Gasteiger partial charge is 0.494 e. The summed E-state index contributed by atoms with van der Waals surface area (Å²) in [4.78, 5) is 12.8. The Morgan fingerprint density at radius 1 is 0.917 bits per heavy atom. The number of hydrogen-bond donors (Lipinski definition) is 3. The third-order valence-electron chi connectivity index (χ3n) is 5.58. The van der Waals surface area contributed by atoms with E-state index < -0.39 is 10.0 Å². The van der Waals surface area contributed by atoms with E-state index in [4.69, 9.17) is 10.5 Å². The van der Waals surface area contributed by atoms with Crippen molar-refractivity contribution in [3.8, 4) is 5.75 Å². The first-order chi connectivity index (χ1) is 17.0. The van der Waals surface area contributed by atoms with E-state index in [0.717, 1.165) is 25.0 Å². The number of methoxy groups -OCH3 is 1. The first kappa shape index (κ1) is 26.8. The Morgan fingerprint density at radius 3 is 2.17 bits per heavy atom. The zero-order valence-corrected chi connectivity index (χ0v) is 22.3. The van der Waals surface area contributed by atoms with Gasteiger partial charge in [0.15, 0.2) is 0 Å². The average Bonchev–Trinajstić information content (AvgIpc) is 2.82. The summed E-state index contributed by atoms with van der Waals surface area (Å²) in [5, 5.41) is 6.41. The zero-order valence-electron chi connectivity index (χ0n) is 21.5. The molecule has 0 aliphatic heterocycles. The molecule has 0 saturated carbocycles. The van der Waals surface area contributed by atoms with Crippen molar-refractivity contribution in [2.75, 3.05) is 80.2 Å². The van der Waals surface area contributed by atoms with Gasteiger partial charge in [0.25, 0.3) is 0 Å². The second-order valence-electron chi connectivity index (χ2n) is 8.62. The fraction of sp³-hybridized carbons (Fsp3) is 0.333. The van der Waals surface area contributed by atoms with Crippen LogP contribution in [0, 0.1) is 0 Å². The first-order valence-corrected chi connectivity index (χ1v) is 13.1. The quantitative estimate of drug-likeness (QED) is 0.328. The Hall–Kier alpha value is -3.77. The highest BCUT2D eigenvalue weighted by atomic mass is 32.2. The number of nitrogens with one attached hydrogen (secondary N) is 2. The molecular formula is C24H34N8O3S. The minimum atomic E-state index is -3.43. The number of sulfonamides is 1. The van der Waals surface area contributed by atoms with Crippen LogP contribution in [0.4, 0.5) is 40.1 Å². The minimum Gasteiger partial charge on any atom is -0.494 e. The highest BCUT2D eigenvalue weighted by Crippen LogP contribution is 2.36. The number of ether oxygens (including phenoxy) is 1. The van der Waals surface area contributed by atoms with E-state index in [-0.39, 0.29) is 0 Å². The number of para-hydroxylation sites is 2. The Labute approximate surface area is 212 Å². The van der Waals surface area contributed by atoms with Crippen LogP contribution >= 0.6 is 0 Å². The molecule has 0 aliphatic rings. The third-order valence-corrected chi connectivity index (χ3v) is 6.77. The van der Waals surface area contributed by atoms with Gasteiger partial charge in [0.2, 0.25) is 10.0 Å². The van der Waals surface area contributed by atoms with Gasteiger partial charge in [0, 0.05) is 39.3 Å². The van der Waals surface area contributed by atoms with Gasteiger partial charge in [-0.1, -0.05) is 12.1 Å². The van der Waals surface area contributed by atoms with Gasteiger partial charge in [-0.25, -0.2) is 18.4 Å². The maximum Gasteiger partial charge on any atom is 0.232 e. The smallest absolute Gasteiger partial charge is 0.232 e. The molecule has 3 aromatic rings. The van der Waals surface area contributed by atoms with Crippen molar-refractivity contribution in [1.29, 1.82) is 0 Å². The van der Waals surface area contributed by atoms with Crippen LogP contribution in [0.25, 0.3) is 0 Å². The molecule has 12 heteroatoms. The molecule has 0 fully saturated rings. The van der Waals surface area contributed by atoms with Gasteiger partial charge in [-0.3, -0.25) is 4.31 Å². The lowest BCUT2D eigenvalue weighted by atomic mass is 10.2. The van der Waals surface area contributed by atoms with Crippen molar-refractivity contribution in [1.82, 2.24) is 14.9 Å². The van der Waals surface area contributed by atoms with Crippen molar-refractivity contribution in [3.05, 3.63) is 48.8 Å². The predicted molar refractivity (Wildman–Crippen MR) is 148 cm³/mol. The Bertz CT molecular complexity index is 1300. The number of rotatable bonds is 11. The molecular weight excluding hydrogens is 480 g/mol. The highest BCUT2D eigenvalue weighted by molar-refractivity contribution is 7.92. The predicted octanol–water partition coefficient (Wildman–Crippen LogP) is 2.95. The van der Waals surface area contributed by atoms with Crippen molar-refractivity contribution in [2.24, 2.45) is 0 Å². The number of nitrogens with zero attached hydrogens (tertiary/aromatic N) is 5. The molecule has 2 aromatic carbocycles. The first-order valence-electron chi connectivity index (χ1n) is 11.2. The van der Waals surface area contributed by atoms with E-state index in [2.05, 4.69) is 30.4 Å². The molecule has 0 radical (unpaired) electrons. The van der Waals surface area contributed by atoms with Crippen LogP contribution in [0.3, 0.4) is 0 Å². The van der Waals surface area contributed by atoms with Crippen molar-refractivity contribution < 1.29 is 13.2 Å². The summed E-state index contributed by atoms with van der Waals surface area (Å²) in [6.07, 6.45) is 2.56. The van der Waals surface area contributed by atoms with Crippen LogP contribution in [0.15, 0.2) is 48.8 Å². The van der Waals surface area contributed by atoms with Gasteiger partial charge < -0.3 is 30.9 Å². The van der Waals surface area contributed by atoms with Crippen LogP contribution in [0.2, 0.25) is 0 Å². The molecule has 0 atom stereocenters. The molecule has 1 heterocycles. The zero-order chi connectivity index (χ0) is 26.5. The van der Waals surface area contributed by atoms with E-state index >= 15 is 0 Å². The van der Waals surface area contributed by atoms with E-state index in [1.54, 1.807) is 31.4 Å². The Morgan fingerprint density at radius 2 is 1.56 bits per heavy atom. The molecule has 36 heavy (non-hydrogen) atoms. The molecule has 1 aromatic heterocycles. The van der Waals surface area contributed by atoms with Gasteiger partial charge >= 0.3 is 0 Å². The molecule has 3 rings (SSSR count). The lowest BCUT2D eigenvalue weighted by Gasteiger charge is -2.24. The third kappa shape index (κ3) is 6.67. The van der Waals surface area contributed by atoms with Gasteiger partial charge in [-0.2, -0.15) is 0 Å². The van der Waals surface area contributed by atoms with Crippen molar-refractivity contribution in [3.63, 3.8) is 0 Å². The molecule has 4 N–H and O–H groups in total. The van der Waals surface area contributed by atoms with Crippen LogP contribution in [-0.2, 0) is 10.0 Å². The summed E-state index contributed by atoms with van der Waals surface area (Å²) in [6.45, 7) is 1.70. The van der Waals surface area contributed by atoms with E-state index in [1.165, 1.54) is 17.7 Å². The van der Waals surface area contributed by atoms with E-state index in [1.807, 2.05) is 39.3 Å². The van der Waals surface area contributed by atoms with Crippen LogP contribution in [0.1, 0.15) is 0 Å². The lowest BCUT2D eigenvalue weighted by Crippen LogP contribution is -2.29. The normalized spacial score (nSPS) is 11.3. The van der Waals surface area contributed by atoms with Crippen molar-refractivity contribution in [2.45, 2.75) is 0 Å². The summed E-state index contributed by atoms with van der Waals surface area (Å²) < 4.78 is 30.9. The summed E-state index contributed by atoms with van der Waals surface area (Å²) in [5.41, 5.74) is 9.58. The minimum absolute atomic E-state index is 0.480. The summed E-state index contributed by atoms with van der Waals surface area (Å²) in [7, 11) is 5.71. The molecule has 194 valence electrons. The molecule has 0 spiro atoms. The number of nitrogen functional groups attached to an aromatic ring is 1. The number of likely N-dealkylation sites (N-methyl/N-ethyl adjacent to an activating group) is 2. The van der Waals surface area contributed by atoms with Crippen LogP contribution in [0.5, 0.6) is 5.75 Å². The molecule has 11 nitrogen and oxygen atoms in total. The number of nitrogens with two attached hydrogens (primary N) is 1. The standard InChI is InChI=1S/C24H34N8O3S/c1-30(2)11-12-31(3)21-14-22(35-5)19(13-17(21)25)29-24-15-23(26-16-27-24)28-18-9-7-8-10-20(18)32(4)36(6,33)34/h7-10,13-16H,11-12,25H2,1-6H3,(H2,26,27,28,29). The number of anilines is 7. The van der Waals surface area contributed by atoms with Crippen LogP contribution in [-0.4, -0.2) is 77.9 Å². The summed E-state index contributed by atoms with van der Waals surface area (Å²) >= 11 is 0. The molecule has 0 unspecified atom stereocenters. The molecule has 0 amide bonds. The monoisotopic (exact) mass is 514 g/mol. The van der Waals surface area contributed by atoms with Crippen LogP contribution < -0.4 is 30.3 Å². The highest BCUT2D eigenvalue weighted by Gasteiger charge is 2.17. The average molecular weight is 515 g/mol. The second kappa shape index (κ2) is 11.3. The van der Waals surface area contributed by atoms with Crippen molar-refractivity contribution >= 4 is 50.1 Å². The molecule has 0 bridgehead atoms. The van der Waals surface area contributed by atoms with Gasteiger partial charge in [0.1, 0.15) is 23.7 Å². The summed E-state index contributed by atoms with van der Waals surface area (Å²) in [6, 6.07) is 12.5. The topological polar surface area (TPSA) is 129 Å². The SMILES string of the molecule is COc1cc(N(C)CCN(C)C)c(N)cc1Nc1cc(Nc2ccccc2N(C)S(C)(=O)=O)ncn1. The summed E-state index contributed by atoms with van der Waals surface area (Å²) in [5.74, 6) is 1.60. The molecule has 0 aliphatic carbocycles. The number of aromatic nitrogens is 2. The van der Waals surface area contributed by atoms with E-state index in [9.17, 15) is 8.42 Å². The van der Waals surface area contributed by atoms with Gasteiger partial charge in [0.05, 0.1) is 41.8 Å². The van der Waals surface area contributed by atoms with Gasteiger partial charge in [-0.15, -0.1) is 0 Å². The Kier molecular flexibility index (Phi) is 8.43. The van der Waals surface area contributed by atoms with Gasteiger partial charge in [-0.05, 0) is 32.3 Å². The van der Waals surface area contributed by atoms with E-state index in [0.29, 0.717) is 40.1 Å². The lowest BCUT2D eigenvalue weighted by molar-refractivity contribution is 0.413. The maximum atomic E-state index is 12.0. The Balaban J connectivity index is 1.84. The maximum absolute atomic E-state index is 12.0. The molecule has 0 saturated heterocycles. The fourth-order valence-corrected chi connectivity index (χ4v) is 3.97. The fourth-order valence-electron chi connectivity index (χ4n) is 3.46. The number of benzene rings is 2. The second-order valence-corrected chi connectivity index (χ2v) is 10.6. The number of hydrogen-bond acceptors (Lipinski definition) is 10.